The molecule has 1 amide bonds. The number of carbonyl (C=O) groups excluding carboxylic acids is 2. The molecule has 0 bridgehead atoms. The minimum atomic E-state index is -0.628. The standard InChI is InChI=1S/C16H24NO3P/c1-5-21(6-2)14-9-7-13(8-10-14)11-15(16(19)20-4)17-12(3)18/h7-10,15H,5-6,11H2,1-4H3,(H,17,18)/t15-/m0/s1. The predicted octanol–water partition coefficient (Wildman–Crippen LogP) is 2.05. The maximum absolute atomic E-state index is 11.7. The van der Waals surface area contributed by atoms with Gasteiger partial charge in [0.25, 0.3) is 0 Å². The molecule has 0 aliphatic carbocycles. The van der Waals surface area contributed by atoms with Crippen LogP contribution >= 0.6 is 7.92 Å². The third-order valence-electron chi connectivity index (χ3n) is 3.37. The number of ether oxygens (including phenoxy) is 1. The van der Waals surface area contributed by atoms with Crippen LogP contribution in [0.25, 0.3) is 0 Å². The molecule has 0 saturated carbocycles. The number of methoxy groups -OCH3 is 1. The lowest BCUT2D eigenvalue weighted by atomic mass is 10.1. The van der Waals surface area contributed by atoms with E-state index in [0.717, 1.165) is 5.56 Å². The highest BCUT2D eigenvalue weighted by molar-refractivity contribution is 7.65. The second kappa shape index (κ2) is 8.78. The molecular formula is C16H24NO3P. The van der Waals surface area contributed by atoms with Crippen molar-refractivity contribution in [2.75, 3.05) is 19.4 Å². The molecule has 1 N–H and O–H groups in total. The number of amides is 1. The molecule has 1 atom stereocenters. The summed E-state index contributed by atoms with van der Waals surface area (Å²) in [5, 5.41) is 4.01. The second-order valence-corrected chi connectivity index (χ2v) is 7.68. The summed E-state index contributed by atoms with van der Waals surface area (Å²) in [5.41, 5.74) is 1.02. The fourth-order valence-corrected chi connectivity index (χ4v) is 4.00. The summed E-state index contributed by atoms with van der Waals surface area (Å²) in [6.07, 6.45) is 2.81. The van der Waals surface area contributed by atoms with Crippen molar-refractivity contribution in [1.82, 2.24) is 5.32 Å². The van der Waals surface area contributed by atoms with Crippen LogP contribution in [0.15, 0.2) is 24.3 Å². The first-order valence-electron chi connectivity index (χ1n) is 7.20. The molecule has 0 aliphatic rings. The molecule has 0 aliphatic heterocycles. The molecule has 0 radical (unpaired) electrons. The topological polar surface area (TPSA) is 55.4 Å². The van der Waals surface area contributed by atoms with Gasteiger partial charge in [0.05, 0.1) is 7.11 Å². The smallest absolute Gasteiger partial charge is 0.328 e. The minimum absolute atomic E-state index is 0.0749. The SMILES string of the molecule is CCP(CC)c1ccc(C[C@H](NC(C)=O)C(=O)OC)cc1. The van der Waals surface area contributed by atoms with Gasteiger partial charge in [-0.3, -0.25) is 4.79 Å². The Morgan fingerprint density at radius 2 is 1.76 bits per heavy atom. The van der Waals surface area contributed by atoms with Crippen LogP contribution in [0.2, 0.25) is 0 Å². The zero-order valence-electron chi connectivity index (χ0n) is 13.2. The van der Waals surface area contributed by atoms with E-state index in [2.05, 4.69) is 31.3 Å². The van der Waals surface area contributed by atoms with E-state index in [4.69, 9.17) is 4.74 Å². The Labute approximate surface area is 128 Å². The molecule has 0 fully saturated rings. The molecule has 1 aromatic rings. The van der Waals surface area contributed by atoms with Gasteiger partial charge in [0, 0.05) is 13.3 Å². The third kappa shape index (κ3) is 5.47. The maximum Gasteiger partial charge on any atom is 0.328 e. The highest BCUT2D eigenvalue weighted by Gasteiger charge is 2.20. The van der Waals surface area contributed by atoms with Gasteiger partial charge in [0.1, 0.15) is 6.04 Å². The molecule has 5 heteroatoms. The summed E-state index contributed by atoms with van der Waals surface area (Å²) in [6.45, 7) is 5.83. The quantitative estimate of drug-likeness (QED) is 0.619. The lowest BCUT2D eigenvalue weighted by Crippen LogP contribution is -2.42. The Kier molecular flexibility index (Phi) is 7.38. The molecule has 116 valence electrons. The largest absolute Gasteiger partial charge is 0.467 e. The van der Waals surface area contributed by atoms with E-state index in [-0.39, 0.29) is 13.8 Å². The van der Waals surface area contributed by atoms with Gasteiger partial charge >= 0.3 is 5.97 Å². The Bertz CT molecular complexity index is 469. The summed E-state index contributed by atoms with van der Waals surface area (Å²) in [6, 6.07) is 7.71. The fraction of sp³-hybridized carbons (Fsp3) is 0.500. The Balaban J connectivity index is 2.80. The van der Waals surface area contributed by atoms with Gasteiger partial charge in [-0.05, 0) is 23.2 Å². The Morgan fingerprint density at radius 3 is 2.19 bits per heavy atom. The third-order valence-corrected chi connectivity index (χ3v) is 5.92. The van der Waals surface area contributed by atoms with E-state index >= 15 is 0 Å². The lowest BCUT2D eigenvalue weighted by Gasteiger charge is -2.17. The van der Waals surface area contributed by atoms with Gasteiger partial charge in [0.15, 0.2) is 0 Å². The van der Waals surface area contributed by atoms with Crippen molar-refractivity contribution in [1.29, 1.82) is 0 Å². The van der Waals surface area contributed by atoms with Crippen LogP contribution in [0.3, 0.4) is 0 Å². The number of hydrogen-bond acceptors (Lipinski definition) is 3. The Morgan fingerprint density at radius 1 is 1.19 bits per heavy atom. The van der Waals surface area contributed by atoms with Crippen molar-refractivity contribution >= 4 is 25.1 Å². The van der Waals surface area contributed by atoms with Gasteiger partial charge < -0.3 is 10.1 Å². The van der Waals surface area contributed by atoms with Crippen LogP contribution < -0.4 is 10.6 Å². The first kappa shape index (κ1) is 17.6. The van der Waals surface area contributed by atoms with E-state index in [0.29, 0.717) is 6.42 Å². The van der Waals surface area contributed by atoms with Crippen LogP contribution in [0, 0.1) is 0 Å². The highest BCUT2D eigenvalue weighted by atomic mass is 31.1. The first-order valence-corrected chi connectivity index (χ1v) is 8.91. The normalized spacial score (nSPS) is 12.0. The van der Waals surface area contributed by atoms with Crippen molar-refractivity contribution < 1.29 is 14.3 Å². The van der Waals surface area contributed by atoms with Crippen LogP contribution in [0.4, 0.5) is 0 Å². The zero-order valence-corrected chi connectivity index (χ0v) is 14.1. The van der Waals surface area contributed by atoms with Crippen LogP contribution in [-0.4, -0.2) is 37.4 Å². The van der Waals surface area contributed by atoms with E-state index in [1.165, 1.54) is 31.7 Å². The molecule has 1 rings (SSSR count). The molecule has 4 nitrogen and oxygen atoms in total. The summed E-state index contributed by atoms with van der Waals surface area (Å²) in [7, 11) is 1.25. The van der Waals surface area contributed by atoms with Gasteiger partial charge in [0.2, 0.25) is 5.91 Å². The molecule has 0 spiro atoms. The van der Waals surface area contributed by atoms with Crippen LogP contribution in [0.1, 0.15) is 26.3 Å². The summed E-state index contributed by atoms with van der Waals surface area (Å²) >= 11 is 0. The van der Waals surface area contributed by atoms with Crippen molar-refractivity contribution in [3.05, 3.63) is 29.8 Å². The van der Waals surface area contributed by atoms with Gasteiger partial charge in [-0.15, -0.1) is 0 Å². The minimum Gasteiger partial charge on any atom is -0.467 e. The second-order valence-electron chi connectivity index (χ2n) is 4.82. The molecular weight excluding hydrogens is 285 g/mol. The van der Waals surface area contributed by atoms with E-state index in [9.17, 15) is 9.59 Å². The van der Waals surface area contributed by atoms with E-state index in [1.54, 1.807) is 0 Å². The van der Waals surface area contributed by atoms with Crippen molar-refractivity contribution in [2.24, 2.45) is 0 Å². The number of nitrogens with one attached hydrogen (secondary N) is 1. The van der Waals surface area contributed by atoms with Gasteiger partial charge in [-0.25, -0.2) is 4.79 Å². The predicted molar refractivity (Wildman–Crippen MR) is 87.4 cm³/mol. The molecule has 21 heavy (non-hydrogen) atoms. The van der Waals surface area contributed by atoms with E-state index < -0.39 is 12.0 Å². The average Bonchev–Trinajstić information content (AvgIpc) is 2.48. The van der Waals surface area contributed by atoms with Gasteiger partial charge in [-0.2, -0.15) is 0 Å². The number of hydrogen-bond donors (Lipinski definition) is 1. The van der Waals surface area contributed by atoms with Crippen molar-refractivity contribution in [3.63, 3.8) is 0 Å². The van der Waals surface area contributed by atoms with Crippen molar-refractivity contribution in [3.8, 4) is 0 Å². The lowest BCUT2D eigenvalue weighted by molar-refractivity contribution is -0.144. The summed E-state index contributed by atoms with van der Waals surface area (Å²) in [5.74, 6) is -0.652. The number of benzene rings is 1. The Hall–Kier alpha value is -1.41. The molecule has 0 saturated heterocycles. The van der Waals surface area contributed by atoms with Crippen LogP contribution in [0.5, 0.6) is 0 Å². The number of esters is 1. The van der Waals surface area contributed by atoms with Crippen LogP contribution in [-0.2, 0) is 20.7 Å². The number of carbonyl (C=O) groups is 2. The zero-order chi connectivity index (χ0) is 15.8. The molecule has 0 heterocycles. The molecule has 0 aromatic heterocycles. The average molecular weight is 309 g/mol. The fourth-order valence-electron chi connectivity index (χ4n) is 2.25. The first-order chi connectivity index (χ1) is 10.0. The maximum atomic E-state index is 11.7. The summed E-state index contributed by atoms with van der Waals surface area (Å²) < 4.78 is 4.73. The summed E-state index contributed by atoms with van der Waals surface area (Å²) in [4.78, 5) is 22.9. The molecule has 1 aromatic carbocycles. The van der Waals surface area contributed by atoms with Crippen molar-refractivity contribution in [2.45, 2.75) is 33.2 Å². The molecule has 0 unspecified atom stereocenters. The highest BCUT2D eigenvalue weighted by Crippen LogP contribution is 2.32. The number of rotatable bonds is 7. The monoisotopic (exact) mass is 309 g/mol. The van der Waals surface area contributed by atoms with Gasteiger partial charge in [-0.1, -0.05) is 46.0 Å². The van der Waals surface area contributed by atoms with E-state index in [1.807, 2.05) is 12.1 Å².